The van der Waals surface area contributed by atoms with Crippen molar-refractivity contribution in [3.8, 4) is 0 Å². The zero-order chi connectivity index (χ0) is 75.8. The average molecular weight is 1440 g/mol. The molecule has 0 bridgehead atoms. The summed E-state index contributed by atoms with van der Waals surface area (Å²) >= 11 is 3.89. The van der Waals surface area contributed by atoms with Gasteiger partial charge < -0.3 is 131 Å². The number of hydrogen-bond donors (Lipinski definition) is 24. The molecule has 0 spiro atoms. The predicted molar refractivity (Wildman–Crippen MR) is 363 cm³/mol. The number of primary amides is 3. The maximum absolute atomic E-state index is 14.4. The van der Waals surface area contributed by atoms with Crippen LogP contribution in [0, 0.1) is 0 Å². The van der Waals surface area contributed by atoms with Crippen LogP contribution in [-0.4, -0.2) is 244 Å². The van der Waals surface area contributed by atoms with Gasteiger partial charge in [0.25, 0.3) is 0 Å². The van der Waals surface area contributed by atoms with Crippen molar-refractivity contribution >= 4 is 113 Å². The number of carbonyl (C=O) groups is 15. The highest BCUT2D eigenvalue weighted by atomic mass is 32.1. The van der Waals surface area contributed by atoms with Gasteiger partial charge in [0.2, 0.25) is 82.7 Å². The minimum atomic E-state index is -2.10. The zero-order valence-corrected chi connectivity index (χ0v) is 57.3. The smallest absolute Gasteiger partial charge is 0.327 e. The fourth-order valence-corrected chi connectivity index (χ4v) is 10.3. The van der Waals surface area contributed by atoms with Crippen molar-refractivity contribution in [3.63, 3.8) is 0 Å². The third-order valence-corrected chi connectivity index (χ3v) is 15.7. The number of hydrogen-bond acceptors (Lipinski definition) is 23. The number of thiol groups is 1. The summed E-state index contributed by atoms with van der Waals surface area (Å²) in [6, 6.07) is -18.5. The van der Waals surface area contributed by atoms with Gasteiger partial charge in [-0.05, 0) is 123 Å². The van der Waals surface area contributed by atoms with Gasteiger partial charge in [0, 0.05) is 31.8 Å². The van der Waals surface area contributed by atoms with Crippen LogP contribution in [-0.2, 0) is 71.9 Å². The number of carboxylic acids is 1. The van der Waals surface area contributed by atoms with Gasteiger partial charge in [-0.1, -0.05) is 6.42 Å². The highest BCUT2D eigenvalue weighted by Gasteiger charge is 2.42. The SMILES string of the molecule is C[C@@H](O)[C@H](NC(=O)[C@H](CCCN=C(N)N)NC(=O)[C@@H]1CCCN1C(=O)[C@H](CC(N)=O)NC(=O)[C@H](CC(N)=O)NC(=O)[C@H](CC(N)=O)NC(=O)[C@@H](NC(=O)[C@H](CCCCN)NC(=O)[C@H](CCCN=C(N)N)NC(=O)[C@H](CCCCN)NC(=O)CCCCCN)[C@@H](C)O)C(=O)N[C@@H](CS)C(=O)O. The number of rotatable bonds is 51. The summed E-state index contributed by atoms with van der Waals surface area (Å²) in [6.45, 7) is 2.75. The van der Waals surface area contributed by atoms with E-state index in [9.17, 15) is 87.2 Å². The second kappa shape index (κ2) is 47.7. The molecule has 566 valence electrons. The maximum atomic E-state index is 14.4. The van der Waals surface area contributed by atoms with E-state index < -0.39 is 187 Å². The Kier molecular flexibility index (Phi) is 42.3. The van der Waals surface area contributed by atoms with E-state index in [1.807, 2.05) is 0 Å². The monoisotopic (exact) mass is 1440 g/mol. The summed E-state index contributed by atoms with van der Waals surface area (Å²) in [5, 5.41) is 54.5. The quantitative estimate of drug-likeness (QED) is 0.0116. The Bertz CT molecular complexity index is 2830. The molecule has 0 aromatic rings. The van der Waals surface area contributed by atoms with Gasteiger partial charge in [0.05, 0.1) is 31.5 Å². The van der Waals surface area contributed by atoms with Gasteiger partial charge in [-0.15, -0.1) is 0 Å². The first-order valence-corrected chi connectivity index (χ1v) is 33.3. The number of unbranched alkanes of at least 4 members (excludes halogenated alkanes) is 4. The van der Waals surface area contributed by atoms with Crippen molar-refractivity contribution in [2.45, 2.75) is 215 Å². The standard InChI is InChI=1S/C58H105N23O18S/c1-29(82)44(79-48(90)32(14-6-9-21-61)72-47(89)33(15-10-22-69-57(65)66)73-46(88)31(13-5-8-20-60)71-43(87)18-4-3-7-19-59)53(95)76-36(26-41(63)85)50(92)75-35(25-40(62)84)51(93)77-37(27-42(64)86)55(97)81-24-12-17-39(81)52(94)74-34(16-11-23-70-58(67)68)49(91)80-45(30(2)83)54(96)78-38(28-100)56(98)99/h29-39,44-45,82-83,100H,3-28,59-61H2,1-2H3,(H2,62,84)(H2,63,85)(H2,64,86)(H,71,87)(H,72,89)(H,73,88)(H,74,94)(H,75,92)(H,76,95)(H,77,93)(H,78,96)(H,79,90)(H,80,91)(H,98,99)(H4,65,66,69)(H4,67,68,70)/t29-,30-,31+,32+,33+,34+,35+,36+,37+,38+,39+,44+,45+/m1/s1. The minimum Gasteiger partial charge on any atom is -0.480 e. The molecule has 1 rings (SSSR count). The Hall–Kier alpha value is -9.26. The molecule has 42 heteroatoms. The molecular weight excluding hydrogens is 1340 g/mol. The molecule has 0 radical (unpaired) electrons. The van der Waals surface area contributed by atoms with Crippen molar-refractivity contribution in [2.24, 2.45) is 67.3 Å². The van der Waals surface area contributed by atoms with Crippen molar-refractivity contribution in [1.82, 2.24) is 58.1 Å². The molecule has 0 aromatic heterocycles. The average Bonchev–Trinajstić information content (AvgIpc) is 1.56. The molecule has 33 N–H and O–H groups in total. The number of nitrogens with one attached hydrogen (secondary N) is 10. The van der Waals surface area contributed by atoms with Crippen molar-refractivity contribution < 1.29 is 87.2 Å². The van der Waals surface area contributed by atoms with Gasteiger partial charge in [-0.25, -0.2) is 4.79 Å². The summed E-state index contributed by atoms with van der Waals surface area (Å²) in [6.07, 6.45) is -3.34. The molecule has 41 nitrogen and oxygen atoms in total. The number of carbonyl (C=O) groups excluding carboxylic acids is 14. The first-order valence-electron chi connectivity index (χ1n) is 32.7. The highest BCUT2D eigenvalue weighted by molar-refractivity contribution is 7.80. The van der Waals surface area contributed by atoms with Crippen LogP contribution in [0.3, 0.4) is 0 Å². The Morgan fingerprint density at radius 3 is 1.19 bits per heavy atom. The number of guanidine groups is 2. The first-order chi connectivity index (χ1) is 47.1. The number of aliphatic imine (C=N–C) groups is 2. The summed E-state index contributed by atoms with van der Waals surface area (Å²) < 4.78 is 0. The largest absolute Gasteiger partial charge is 0.480 e. The third kappa shape index (κ3) is 34.5. The summed E-state index contributed by atoms with van der Waals surface area (Å²) in [5.74, 6) is -17.8. The molecular formula is C58H105N23O18S. The van der Waals surface area contributed by atoms with E-state index >= 15 is 0 Å². The van der Waals surface area contributed by atoms with Crippen LogP contribution in [0.2, 0.25) is 0 Å². The second-order valence-electron chi connectivity index (χ2n) is 23.8. The van der Waals surface area contributed by atoms with Crippen LogP contribution in [0.4, 0.5) is 0 Å². The van der Waals surface area contributed by atoms with Crippen LogP contribution < -0.4 is 111 Å². The van der Waals surface area contributed by atoms with Crippen LogP contribution in [0.15, 0.2) is 9.98 Å². The van der Waals surface area contributed by atoms with E-state index in [2.05, 4.69) is 75.8 Å². The lowest BCUT2D eigenvalue weighted by atomic mass is 10.0. The lowest BCUT2D eigenvalue weighted by molar-refractivity contribution is -0.144. The fraction of sp³-hybridized carbons (Fsp3) is 0.707. The molecule has 0 saturated carbocycles. The summed E-state index contributed by atoms with van der Waals surface area (Å²) in [7, 11) is 0. The van der Waals surface area contributed by atoms with E-state index in [0.717, 1.165) is 18.7 Å². The first kappa shape index (κ1) is 88.8. The van der Waals surface area contributed by atoms with Gasteiger partial charge in [-0.3, -0.25) is 77.1 Å². The molecule has 1 fully saturated rings. The van der Waals surface area contributed by atoms with Crippen molar-refractivity contribution in [3.05, 3.63) is 0 Å². The number of aliphatic carboxylic acids is 1. The Morgan fingerprint density at radius 1 is 0.440 bits per heavy atom. The van der Waals surface area contributed by atoms with Crippen LogP contribution in [0.25, 0.3) is 0 Å². The van der Waals surface area contributed by atoms with Gasteiger partial charge in [-0.2, -0.15) is 12.6 Å². The number of amides is 14. The van der Waals surface area contributed by atoms with Gasteiger partial charge in [0.1, 0.15) is 66.5 Å². The number of nitrogens with two attached hydrogens (primary N) is 10. The van der Waals surface area contributed by atoms with Gasteiger partial charge >= 0.3 is 5.97 Å². The Morgan fingerprint density at radius 2 is 0.790 bits per heavy atom. The summed E-state index contributed by atoms with van der Waals surface area (Å²) in [4.78, 5) is 211. The molecule has 0 unspecified atom stereocenters. The molecule has 1 heterocycles. The Labute approximate surface area is 583 Å². The number of carboxylic acid groups (broad SMARTS) is 1. The maximum Gasteiger partial charge on any atom is 0.327 e. The number of aliphatic hydroxyl groups excluding tert-OH is 2. The van der Waals surface area contributed by atoms with Crippen molar-refractivity contribution in [1.29, 1.82) is 0 Å². The Balaban J connectivity index is 3.62. The summed E-state index contributed by atoms with van der Waals surface area (Å²) in [5.41, 5.74) is 55.3. The predicted octanol–water partition coefficient (Wildman–Crippen LogP) is -10.9. The van der Waals surface area contributed by atoms with E-state index in [4.69, 9.17) is 57.3 Å². The van der Waals surface area contributed by atoms with Gasteiger partial charge in [0.15, 0.2) is 11.9 Å². The van der Waals surface area contributed by atoms with E-state index in [1.165, 1.54) is 0 Å². The lowest BCUT2D eigenvalue weighted by Crippen LogP contribution is -2.62. The number of likely N-dealkylation sites (tertiary alicyclic amines) is 1. The van der Waals surface area contributed by atoms with E-state index in [1.54, 1.807) is 0 Å². The van der Waals surface area contributed by atoms with Crippen LogP contribution in [0.5, 0.6) is 0 Å². The molecule has 14 amide bonds. The zero-order valence-electron chi connectivity index (χ0n) is 56.4. The molecule has 100 heavy (non-hydrogen) atoms. The number of aliphatic hydroxyl groups is 2. The highest BCUT2D eigenvalue weighted by Crippen LogP contribution is 2.21. The fourth-order valence-electron chi connectivity index (χ4n) is 10.1. The lowest BCUT2D eigenvalue weighted by Gasteiger charge is -2.31. The van der Waals surface area contributed by atoms with Crippen LogP contribution >= 0.6 is 12.6 Å². The molecule has 0 aromatic carbocycles. The molecule has 13 atom stereocenters. The minimum absolute atomic E-state index is 0.00303. The molecule has 1 aliphatic rings. The normalized spacial score (nSPS) is 16.1. The molecule has 1 aliphatic heterocycles. The van der Waals surface area contributed by atoms with Crippen molar-refractivity contribution in [2.75, 3.05) is 45.0 Å². The van der Waals surface area contributed by atoms with E-state index in [0.29, 0.717) is 51.6 Å². The second-order valence-corrected chi connectivity index (χ2v) is 24.2. The van der Waals surface area contributed by atoms with Crippen LogP contribution in [0.1, 0.15) is 136 Å². The molecule has 0 aliphatic carbocycles. The molecule has 1 saturated heterocycles. The number of nitrogens with zero attached hydrogens (tertiary/aromatic N) is 3. The topological polar surface area (TPSA) is 725 Å². The van der Waals surface area contributed by atoms with E-state index in [-0.39, 0.29) is 108 Å². The third-order valence-electron chi connectivity index (χ3n) is 15.3.